The number of para-hydroxylation sites is 2. The summed E-state index contributed by atoms with van der Waals surface area (Å²) < 4.78 is 0. The van der Waals surface area contributed by atoms with E-state index in [4.69, 9.17) is 17.1 Å². The maximum Gasteiger partial charge on any atom is 1.00 e. The van der Waals surface area contributed by atoms with Crippen molar-refractivity contribution < 1.29 is 40.6 Å². The van der Waals surface area contributed by atoms with Gasteiger partial charge in [0.05, 0.1) is 0 Å². The summed E-state index contributed by atoms with van der Waals surface area (Å²) in [5.41, 5.74) is 4.30. The largest absolute Gasteiger partial charge is 1.00 e. The molecule has 22 heavy (non-hydrogen) atoms. The van der Waals surface area contributed by atoms with Gasteiger partial charge in [0.25, 0.3) is 0 Å². The number of hydrogen-bond acceptors (Lipinski definition) is 3. The molecular weight excluding hydrogens is 307 g/mol. The van der Waals surface area contributed by atoms with Crippen LogP contribution in [0.1, 0.15) is 14.8 Å². The van der Waals surface area contributed by atoms with E-state index in [9.17, 15) is 4.79 Å². The number of hydroxylamine groups is 1. The van der Waals surface area contributed by atoms with Crippen molar-refractivity contribution in [3.63, 3.8) is 0 Å². The van der Waals surface area contributed by atoms with Crippen LogP contribution in [0, 0.1) is 0 Å². The zero-order valence-corrected chi connectivity index (χ0v) is 15.5. The Bertz CT molecular complexity index is 574. The van der Waals surface area contributed by atoms with Crippen LogP contribution in [0.2, 0.25) is 0 Å². The van der Waals surface area contributed by atoms with Crippen LogP contribution in [0.3, 0.4) is 0 Å². The first-order chi connectivity index (χ1) is 10.2. The van der Waals surface area contributed by atoms with E-state index in [1.807, 2.05) is 60.7 Å². The fourth-order valence-electron chi connectivity index (χ4n) is 1.76. The third-order valence-electron chi connectivity index (χ3n) is 2.77. The number of anilines is 2. The number of carbonyl (C=O) groups excluding carboxylic acids is 1. The van der Waals surface area contributed by atoms with Crippen molar-refractivity contribution in [2.45, 2.75) is 13.3 Å². The maximum atomic E-state index is 11.2. The minimum absolute atomic E-state index is 0. The molecule has 0 heterocycles. The standard InChI is InChI=1S/C16H16N2O2S.Na.H/c1-2-15(19)20-17-16(21)18(13-9-5-3-6-10-13)14-11-7-4-8-12-14;;/h3-12H,2H2,1H3,(H,17,21);;/q;+1;-1. The van der Waals surface area contributed by atoms with Gasteiger partial charge in [-0.15, -0.1) is 0 Å². The van der Waals surface area contributed by atoms with Gasteiger partial charge in [0.1, 0.15) is 0 Å². The van der Waals surface area contributed by atoms with Gasteiger partial charge in [0.2, 0.25) is 5.11 Å². The van der Waals surface area contributed by atoms with Crippen molar-refractivity contribution in [1.29, 1.82) is 0 Å². The molecule has 0 saturated carbocycles. The molecule has 2 rings (SSSR count). The van der Waals surface area contributed by atoms with Crippen LogP contribution in [0.25, 0.3) is 0 Å². The van der Waals surface area contributed by atoms with Crippen molar-refractivity contribution in [1.82, 2.24) is 5.48 Å². The normalized spacial score (nSPS) is 9.32. The molecule has 4 nitrogen and oxygen atoms in total. The summed E-state index contributed by atoms with van der Waals surface area (Å²) >= 11 is 5.34. The van der Waals surface area contributed by atoms with E-state index in [1.165, 1.54) is 0 Å². The van der Waals surface area contributed by atoms with Crippen molar-refractivity contribution in [2.75, 3.05) is 4.90 Å². The third kappa shape index (κ3) is 5.10. The molecule has 2 aromatic rings. The molecule has 0 bridgehead atoms. The topological polar surface area (TPSA) is 41.6 Å². The second kappa shape index (κ2) is 9.58. The van der Waals surface area contributed by atoms with Crippen LogP contribution in [-0.2, 0) is 9.63 Å². The van der Waals surface area contributed by atoms with Gasteiger partial charge in [0, 0.05) is 17.8 Å². The van der Waals surface area contributed by atoms with Crippen LogP contribution in [-0.4, -0.2) is 11.1 Å². The fourth-order valence-corrected chi connectivity index (χ4v) is 2.01. The Balaban J connectivity index is 0.00000242. The van der Waals surface area contributed by atoms with Crippen molar-refractivity contribution in [3.05, 3.63) is 60.7 Å². The predicted molar refractivity (Wildman–Crippen MR) is 88.3 cm³/mol. The summed E-state index contributed by atoms with van der Waals surface area (Å²) in [5.74, 6) is -0.363. The van der Waals surface area contributed by atoms with Gasteiger partial charge in [-0.25, -0.2) is 4.79 Å². The zero-order valence-electron chi connectivity index (χ0n) is 13.7. The molecule has 0 aliphatic carbocycles. The number of carbonyl (C=O) groups is 1. The summed E-state index contributed by atoms with van der Waals surface area (Å²) in [6.45, 7) is 1.72. The van der Waals surface area contributed by atoms with Gasteiger partial charge in [-0.1, -0.05) is 43.3 Å². The average Bonchev–Trinajstić information content (AvgIpc) is 2.55. The molecule has 0 spiro atoms. The van der Waals surface area contributed by atoms with Crippen LogP contribution in [0.15, 0.2) is 60.7 Å². The van der Waals surface area contributed by atoms with E-state index < -0.39 is 0 Å². The van der Waals surface area contributed by atoms with Gasteiger partial charge in [-0.3, -0.25) is 4.90 Å². The molecule has 0 fully saturated rings. The smallest absolute Gasteiger partial charge is 1.00 e. The maximum absolute atomic E-state index is 11.2. The molecule has 0 radical (unpaired) electrons. The van der Waals surface area contributed by atoms with Crippen LogP contribution < -0.4 is 39.9 Å². The summed E-state index contributed by atoms with van der Waals surface area (Å²) in [7, 11) is 0. The molecule has 0 aliphatic heterocycles. The van der Waals surface area contributed by atoms with Crippen LogP contribution in [0.5, 0.6) is 0 Å². The van der Waals surface area contributed by atoms with Crippen molar-refractivity contribution in [3.8, 4) is 0 Å². The monoisotopic (exact) mass is 324 g/mol. The quantitative estimate of drug-likeness (QED) is 0.511. The molecule has 6 heteroatoms. The zero-order chi connectivity index (χ0) is 15.1. The molecule has 1 N–H and O–H groups in total. The van der Waals surface area contributed by atoms with E-state index in [1.54, 1.807) is 11.8 Å². The number of hydrogen-bond donors (Lipinski definition) is 1. The predicted octanol–water partition coefficient (Wildman–Crippen LogP) is 0.684. The summed E-state index contributed by atoms with van der Waals surface area (Å²) in [4.78, 5) is 18.0. The molecule has 2 aromatic carbocycles. The Morgan fingerprint density at radius 3 is 1.95 bits per heavy atom. The van der Waals surface area contributed by atoms with E-state index in [2.05, 4.69) is 5.48 Å². The molecule has 0 saturated heterocycles. The average molecular weight is 324 g/mol. The van der Waals surface area contributed by atoms with Crippen molar-refractivity contribution >= 4 is 34.7 Å². The third-order valence-corrected chi connectivity index (χ3v) is 3.04. The van der Waals surface area contributed by atoms with Gasteiger partial charge in [-0.05, 0) is 36.5 Å². The van der Waals surface area contributed by atoms with E-state index in [0.717, 1.165) is 11.4 Å². The molecule has 0 amide bonds. The number of thiocarbonyl (C=S) groups is 1. The minimum Gasteiger partial charge on any atom is -1.00 e. The first kappa shape index (κ1) is 18.6. The first-order valence-electron chi connectivity index (χ1n) is 6.62. The van der Waals surface area contributed by atoms with Gasteiger partial charge in [-0.2, -0.15) is 5.48 Å². The van der Waals surface area contributed by atoms with Gasteiger partial charge < -0.3 is 6.26 Å². The molecular formula is C16H17N2NaO2S. The number of benzene rings is 2. The Kier molecular flexibility index (Phi) is 8.12. The fraction of sp³-hybridized carbons (Fsp3) is 0.125. The molecule has 0 atom stereocenters. The Morgan fingerprint density at radius 2 is 1.55 bits per heavy atom. The Labute approximate surface area is 159 Å². The number of nitrogens with one attached hydrogen (secondary N) is 1. The first-order valence-corrected chi connectivity index (χ1v) is 7.03. The molecule has 110 valence electrons. The summed E-state index contributed by atoms with van der Waals surface area (Å²) in [5, 5.41) is 0.300. The summed E-state index contributed by atoms with van der Waals surface area (Å²) in [6.07, 6.45) is 0.284. The van der Waals surface area contributed by atoms with Crippen molar-refractivity contribution in [2.24, 2.45) is 0 Å². The van der Waals surface area contributed by atoms with E-state index in [0.29, 0.717) is 5.11 Å². The van der Waals surface area contributed by atoms with E-state index >= 15 is 0 Å². The second-order valence-corrected chi connectivity index (χ2v) is 4.63. The van der Waals surface area contributed by atoms with Gasteiger partial charge in [0.15, 0.2) is 0 Å². The van der Waals surface area contributed by atoms with Crippen LogP contribution >= 0.6 is 12.2 Å². The SMILES string of the molecule is CCC(=O)ONC(=S)N(c1ccccc1)c1ccccc1.[H-].[Na+]. The molecule has 0 aromatic heterocycles. The van der Waals surface area contributed by atoms with Crippen LogP contribution in [0.4, 0.5) is 11.4 Å². The van der Waals surface area contributed by atoms with E-state index in [-0.39, 0.29) is 43.4 Å². The number of rotatable bonds is 3. The Hall–Kier alpha value is -1.40. The summed E-state index contributed by atoms with van der Waals surface area (Å²) in [6, 6.07) is 19.3. The second-order valence-electron chi connectivity index (χ2n) is 4.24. The number of nitrogens with zero attached hydrogens (tertiary/aromatic N) is 1. The Morgan fingerprint density at radius 1 is 1.09 bits per heavy atom. The van der Waals surface area contributed by atoms with Gasteiger partial charge >= 0.3 is 35.5 Å². The minimum atomic E-state index is -0.363. The molecule has 0 unspecified atom stereocenters. The molecule has 0 aliphatic rings.